The van der Waals surface area contributed by atoms with Crippen molar-refractivity contribution in [2.45, 2.75) is 52.4 Å². The number of phenolic OH excluding ortho intramolecular Hbond substituents is 1. The molecule has 0 saturated carbocycles. The van der Waals surface area contributed by atoms with Crippen LogP contribution >= 0.6 is 22.6 Å². The highest BCUT2D eigenvalue weighted by molar-refractivity contribution is 14.1. The Kier molecular flexibility index (Phi) is 7.97. The maximum atomic E-state index is 12.1. The Morgan fingerprint density at radius 2 is 1.68 bits per heavy atom. The van der Waals surface area contributed by atoms with Crippen molar-refractivity contribution in [2.24, 2.45) is 5.10 Å². The Balaban J connectivity index is 2.10. The fraction of sp³-hybridized carbons (Fsp3) is 0.417. The SMILES string of the molecule is COc1ccc(OCC(=O)NN=Cc2cc(C(C)(C)C)c(O)c(C(C)(C)C)c2)c(I)c1. The lowest BCUT2D eigenvalue weighted by Crippen LogP contribution is -2.25. The van der Waals surface area contributed by atoms with Crippen molar-refractivity contribution >= 4 is 34.7 Å². The molecule has 0 aromatic heterocycles. The fourth-order valence-corrected chi connectivity index (χ4v) is 3.60. The van der Waals surface area contributed by atoms with Crippen molar-refractivity contribution < 1.29 is 19.4 Å². The molecule has 2 aromatic carbocycles. The molecule has 0 aliphatic carbocycles. The van der Waals surface area contributed by atoms with Gasteiger partial charge in [-0.1, -0.05) is 41.5 Å². The highest BCUT2D eigenvalue weighted by Crippen LogP contribution is 2.39. The summed E-state index contributed by atoms with van der Waals surface area (Å²) in [7, 11) is 1.60. The molecule has 0 unspecified atom stereocenters. The van der Waals surface area contributed by atoms with Crippen LogP contribution in [0.3, 0.4) is 0 Å². The number of hydrazone groups is 1. The molecule has 0 fully saturated rings. The van der Waals surface area contributed by atoms with Gasteiger partial charge in [-0.3, -0.25) is 4.79 Å². The van der Waals surface area contributed by atoms with Gasteiger partial charge in [0.2, 0.25) is 0 Å². The second kappa shape index (κ2) is 9.89. The zero-order valence-corrected chi connectivity index (χ0v) is 21.3. The molecule has 0 bridgehead atoms. The van der Waals surface area contributed by atoms with Crippen LogP contribution in [-0.2, 0) is 15.6 Å². The monoisotopic (exact) mass is 538 g/mol. The van der Waals surface area contributed by atoms with Crippen molar-refractivity contribution in [2.75, 3.05) is 13.7 Å². The molecule has 0 heterocycles. The van der Waals surface area contributed by atoms with Crippen LogP contribution in [0.5, 0.6) is 17.2 Å². The molecule has 2 rings (SSSR count). The third kappa shape index (κ3) is 6.85. The van der Waals surface area contributed by atoms with E-state index in [0.717, 1.165) is 26.0 Å². The summed E-state index contributed by atoms with van der Waals surface area (Å²) < 4.78 is 11.6. The van der Waals surface area contributed by atoms with Crippen molar-refractivity contribution in [3.8, 4) is 17.2 Å². The summed E-state index contributed by atoms with van der Waals surface area (Å²) in [6, 6.07) is 9.16. The third-order valence-electron chi connectivity index (χ3n) is 4.65. The van der Waals surface area contributed by atoms with E-state index >= 15 is 0 Å². The minimum atomic E-state index is -0.367. The van der Waals surface area contributed by atoms with E-state index in [0.29, 0.717) is 11.5 Å². The standard InChI is InChI=1S/C24H31IN2O4/c1-23(2,3)17-10-15(11-18(22(17)29)24(4,5)6)13-26-27-21(28)14-31-20-9-8-16(30-7)12-19(20)25/h8-13,29H,14H2,1-7H3,(H,27,28). The van der Waals surface area contributed by atoms with Gasteiger partial charge in [-0.15, -0.1) is 0 Å². The highest BCUT2D eigenvalue weighted by Gasteiger charge is 2.26. The predicted molar refractivity (Wildman–Crippen MR) is 132 cm³/mol. The number of nitrogens with one attached hydrogen (secondary N) is 1. The molecule has 0 spiro atoms. The van der Waals surface area contributed by atoms with E-state index in [2.05, 4.69) is 74.7 Å². The van der Waals surface area contributed by atoms with E-state index in [1.807, 2.05) is 18.2 Å². The number of hydrogen-bond donors (Lipinski definition) is 2. The molecular weight excluding hydrogens is 507 g/mol. The van der Waals surface area contributed by atoms with E-state index in [-0.39, 0.29) is 23.3 Å². The van der Waals surface area contributed by atoms with Gasteiger partial charge in [0.05, 0.1) is 16.9 Å². The first-order valence-corrected chi connectivity index (χ1v) is 11.1. The number of ether oxygens (including phenoxy) is 2. The molecule has 0 atom stereocenters. The van der Waals surface area contributed by atoms with Gasteiger partial charge in [-0.05, 0) is 69.3 Å². The molecule has 0 aliphatic rings. The number of carbonyl (C=O) groups is 1. The number of hydrogen-bond acceptors (Lipinski definition) is 5. The van der Waals surface area contributed by atoms with Gasteiger partial charge in [0.1, 0.15) is 17.2 Å². The maximum Gasteiger partial charge on any atom is 0.277 e. The number of rotatable bonds is 6. The quantitative estimate of drug-likeness (QED) is 0.304. The highest BCUT2D eigenvalue weighted by atomic mass is 127. The second-order valence-corrected chi connectivity index (χ2v) is 10.5. The third-order valence-corrected chi connectivity index (χ3v) is 5.49. The summed E-state index contributed by atoms with van der Waals surface area (Å²) in [5.41, 5.74) is 4.50. The molecule has 6 nitrogen and oxygen atoms in total. The minimum Gasteiger partial charge on any atom is -0.507 e. The van der Waals surface area contributed by atoms with E-state index in [4.69, 9.17) is 9.47 Å². The first kappa shape index (κ1) is 25.0. The number of aromatic hydroxyl groups is 1. The zero-order valence-electron chi connectivity index (χ0n) is 19.2. The summed E-state index contributed by atoms with van der Waals surface area (Å²) in [5, 5.41) is 14.9. The first-order chi connectivity index (χ1) is 14.3. The molecule has 0 saturated heterocycles. The molecule has 0 radical (unpaired) electrons. The molecule has 0 aliphatic heterocycles. The van der Waals surface area contributed by atoms with Gasteiger partial charge in [0.15, 0.2) is 6.61 Å². The van der Waals surface area contributed by atoms with Crippen LogP contribution in [-0.4, -0.2) is 30.9 Å². The van der Waals surface area contributed by atoms with E-state index < -0.39 is 0 Å². The molecule has 31 heavy (non-hydrogen) atoms. The van der Waals surface area contributed by atoms with Gasteiger partial charge in [-0.2, -0.15) is 5.10 Å². The summed E-state index contributed by atoms with van der Waals surface area (Å²) in [6.45, 7) is 12.1. The van der Waals surface area contributed by atoms with Crippen LogP contribution < -0.4 is 14.9 Å². The Morgan fingerprint density at radius 3 is 2.16 bits per heavy atom. The molecule has 7 heteroatoms. The minimum absolute atomic E-state index is 0.157. The van der Waals surface area contributed by atoms with Crippen LogP contribution in [0.2, 0.25) is 0 Å². The van der Waals surface area contributed by atoms with Crippen LogP contribution in [0.1, 0.15) is 58.2 Å². The largest absolute Gasteiger partial charge is 0.507 e. The van der Waals surface area contributed by atoms with Gasteiger partial charge in [-0.25, -0.2) is 5.43 Å². The van der Waals surface area contributed by atoms with E-state index in [9.17, 15) is 9.90 Å². The van der Waals surface area contributed by atoms with Crippen molar-refractivity contribution in [3.05, 3.63) is 50.6 Å². The van der Waals surface area contributed by atoms with E-state index in [1.54, 1.807) is 25.5 Å². The Labute approximate surface area is 198 Å². The Morgan fingerprint density at radius 1 is 1.10 bits per heavy atom. The van der Waals surface area contributed by atoms with Gasteiger partial charge in [0, 0.05) is 11.1 Å². The second-order valence-electron chi connectivity index (χ2n) is 9.34. The number of amides is 1. The van der Waals surface area contributed by atoms with Gasteiger partial charge in [0.25, 0.3) is 5.91 Å². The zero-order chi connectivity index (χ0) is 23.4. The number of phenols is 1. The van der Waals surface area contributed by atoms with E-state index in [1.165, 1.54) is 0 Å². The predicted octanol–water partition coefficient (Wildman–Crippen LogP) is 5.13. The Bertz CT molecular complexity index is 938. The average molecular weight is 538 g/mol. The van der Waals surface area contributed by atoms with Crippen LogP contribution in [0.15, 0.2) is 35.4 Å². The lowest BCUT2D eigenvalue weighted by molar-refractivity contribution is -0.123. The number of benzene rings is 2. The summed E-state index contributed by atoms with van der Waals surface area (Å²) in [5.74, 6) is 1.27. The maximum absolute atomic E-state index is 12.1. The summed E-state index contributed by atoms with van der Waals surface area (Å²) >= 11 is 2.13. The number of methoxy groups -OCH3 is 1. The molecule has 168 valence electrons. The van der Waals surface area contributed by atoms with Gasteiger partial charge < -0.3 is 14.6 Å². The van der Waals surface area contributed by atoms with Crippen LogP contribution in [0, 0.1) is 3.57 Å². The fourth-order valence-electron chi connectivity index (χ4n) is 2.95. The molecule has 1 amide bonds. The summed E-state index contributed by atoms with van der Waals surface area (Å²) in [6.07, 6.45) is 1.58. The number of carbonyl (C=O) groups excluding carboxylic acids is 1. The van der Waals surface area contributed by atoms with Crippen LogP contribution in [0.4, 0.5) is 0 Å². The molecule has 2 N–H and O–H groups in total. The normalized spacial score (nSPS) is 12.1. The van der Waals surface area contributed by atoms with Crippen molar-refractivity contribution in [1.29, 1.82) is 0 Å². The van der Waals surface area contributed by atoms with Crippen LogP contribution in [0.25, 0.3) is 0 Å². The lowest BCUT2D eigenvalue weighted by Gasteiger charge is -2.27. The van der Waals surface area contributed by atoms with Crippen molar-refractivity contribution in [1.82, 2.24) is 5.43 Å². The molecule has 2 aromatic rings. The average Bonchev–Trinajstić information content (AvgIpc) is 2.66. The summed E-state index contributed by atoms with van der Waals surface area (Å²) in [4.78, 5) is 12.1. The number of nitrogens with zero attached hydrogens (tertiary/aromatic N) is 1. The first-order valence-electron chi connectivity index (χ1n) is 9.99. The van der Waals surface area contributed by atoms with Gasteiger partial charge >= 0.3 is 0 Å². The lowest BCUT2D eigenvalue weighted by atomic mass is 9.78. The molecular formula is C24H31IN2O4. The van der Waals surface area contributed by atoms with Crippen molar-refractivity contribution in [3.63, 3.8) is 0 Å². The Hall–Kier alpha value is -2.29. The topological polar surface area (TPSA) is 80.2 Å². The number of halogens is 1. The smallest absolute Gasteiger partial charge is 0.277 e.